The van der Waals surface area contributed by atoms with E-state index in [4.69, 9.17) is 49.5 Å². The van der Waals surface area contributed by atoms with E-state index in [0.717, 1.165) is 165 Å². The van der Waals surface area contributed by atoms with E-state index in [1.54, 1.807) is 40.2 Å². The summed E-state index contributed by atoms with van der Waals surface area (Å²) >= 11 is 0. The van der Waals surface area contributed by atoms with E-state index in [2.05, 4.69) is 121 Å². The number of halogens is 6. The van der Waals surface area contributed by atoms with Crippen LogP contribution in [-0.4, -0.2) is 103 Å². The molecule has 0 aliphatic heterocycles. The van der Waals surface area contributed by atoms with Gasteiger partial charge in [0.05, 0.1) is 79.5 Å². The molecule has 12 aromatic carbocycles. The van der Waals surface area contributed by atoms with Crippen molar-refractivity contribution in [3.05, 3.63) is 470 Å². The molecular weight excluding hydrogens is 1860 g/mol. The minimum atomic E-state index is -4.37. The highest BCUT2D eigenvalue weighted by molar-refractivity contribution is 6.03. The van der Waals surface area contributed by atoms with Crippen LogP contribution in [0.2, 0.25) is 0 Å². The Morgan fingerprint density at radius 1 is 0.211 bits per heavy atom. The number of alkyl halides is 6. The van der Waals surface area contributed by atoms with E-state index in [9.17, 15) is 31.5 Å². The average Bonchev–Trinajstić information content (AvgIpc) is 0.809. The third-order valence-electron chi connectivity index (χ3n) is 23.2. The Morgan fingerprint density at radius 3 is 0.571 bits per heavy atom. The first-order valence-electron chi connectivity index (χ1n) is 47.3. The molecule has 24 heteroatoms. The van der Waals surface area contributed by atoms with Crippen molar-refractivity contribution >= 4 is 34.3 Å². The van der Waals surface area contributed by atoms with Gasteiger partial charge in [-0.15, -0.1) is 0 Å². The van der Waals surface area contributed by atoms with Gasteiger partial charge in [0, 0.05) is 66.8 Å². The lowest BCUT2D eigenvalue weighted by Crippen LogP contribution is -2.05. The highest BCUT2D eigenvalue weighted by Crippen LogP contribution is 2.41. The summed E-state index contributed by atoms with van der Waals surface area (Å²) in [6.45, 7) is 11.4. The van der Waals surface area contributed by atoms with Gasteiger partial charge in [-0.2, -0.15) is 26.3 Å². The van der Waals surface area contributed by atoms with Crippen LogP contribution in [0.1, 0.15) is 106 Å². The smallest absolute Gasteiger partial charge is 0.411 e. The molecule has 147 heavy (non-hydrogen) atoms. The molecule has 0 atom stereocenters. The quantitative estimate of drug-likeness (QED) is 0.0236. The van der Waals surface area contributed by atoms with Crippen LogP contribution in [0.5, 0.6) is 0 Å². The molecule has 0 saturated carbocycles. The van der Waals surface area contributed by atoms with Crippen molar-refractivity contribution in [2.75, 3.05) is 28.4 Å². The van der Waals surface area contributed by atoms with Crippen molar-refractivity contribution in [2.24, 2.45) is 30.9 Å². The number of benzene rings is 12. The lowest BCUT2D eigenvalue weighted by molar-refractivity contribution is -0.138. The van der Waals surface area contributed by atoms with Gasteiger partial charge in [0.15, 0.2) is 0 Å². The summed E-state index contributed by atoms with van der Waals surface area (Å²) in [6, 6.07) is 134. The number of aromatic nitrogens is 6. The highest BCUT2D eigenvalue weighted by Gasteiger charge is 2.32. The zero-order valence-corrected chi connectivity index (χ0v) is 82.7. The number of hydrogen-bond donors (Lipinski definition) is 2. The fraction of sp³-hybridized carbons (Fsp3) is 0.122. The Balaban J connectivity index is 0.000000148. The Kier molecular flexibility index (Phi) is 38.4. The zero-order valence-electron chi connectivity index (χ0n) is 82.7. The molecule has 18 aromatic rings. The van der Waals surface area contributed by atoms with Gasteiger partial charge in [0.1, 0.15) is 62.7 Å². The highest BCUT2D eigenvalue weighted by atomic mass is 19.4. The van der Waals surface area contributed by atoms with Crippen molar-refractivity contribution in [1.29, 1.82) is 0 Å². The minimum Gasteiger partial charge on any atom is -0.411 e. The van der Waals surface area contributed by atoms with E-state index >= 15 is 0 Å². The lowest BCUT2D eigenvalue weighted by Gasteiger charge is -2.13. The Bertz CT molecular complexity index is 7480. The second-order valence-electron chi connectivity index (χ2n) is 32.8. The van der Waals surface area contributed by atoms with Crippen LogP contribution >= 0.6 is 0 Å². The Morgan fingerprint density at radius 2 is 0.388 bits per heavy atom. The standard InChI is InChI=1S/C22H19F3N2O.C21H17F3N2O.C21H20N2O.2C20H18N2O.C19H16N2O/c1-3-19(27-28-2)20-14-13-18(21(26-20)16-7-5-4-6-8-16)15-9-11-17(12-10-15)22(23,24)25;1-14(26-27-2)19-13-12-18(20(25-19)16-6-4-3-5-7-16)15-8-10-17(11-9-15)21(22,23)24;1-3-19(23-24-2)20-15-14-18(16-10-6-4-7-11-16)21(22-20)17-12-8-5-9-13-17;1-15(22-23-2)19-14-13-18(16-9-5-3-6-10-16)20(21-19)17-11-7-4-8-12-17;1-2-18(22-23)19-14-13-17(15-9-5-3-6-10-15)20(21-19)16-11-7-4-8-12-16;1-14(21-22)18-13-12-17(15-8-4-2-5-9-15)19(20-18)16-10-6-3-7-11-16/h4-14H,3H2,1-2H3;3-13H,1-2H3;4-15H,3H2,1-2H3;3-14H,1-2H3;3-14,23H,2H2,1H3;2-13,22H,1H3/b27-19+;26-14+;23-19-;22-15-;22-18-;21-14-. The predicted molar refractivity (Wildman–Crippen MR) is 579 cm³/mol. The van der Waals surface area contributed by atoms with E-state index in [0.29, 0.717) is 81.0 Å². The summed E-state index contributed by atoms with van der Waals surface area (Å²) < 4.78 is 77.2. The molecule has 0 unspecified atom stereocenters. The molecule has 738 valence electrons. The summed E-state index contributed by atoms with van der Waals surface area (Å²) in [6.07, 6.45) is -6.71. The van der Waals surface area contributed by atoms with Crippen molar-refractivity contribution in [3.8, 4) is 134 Å². The fourth-order valence-electron chi connectivity index (χ4n) is 15.8. The number of nitrogens with zero attached hydrogens (tertiary/aromatic N) is 12. The largest absolute Gasteiger partial charge is 0.416 e. The second-order valence-corrected chi connectivity index (χ2v) is 32.8. The third kappa shape index (κ3) is 28.7. The molecule has 0 saturated heterocycles. The molecule has 0 amide bonds. The van der Waals surface area contributed by atoms with Crippen molar-refractivity contribution in [3.63, 3.8) is 0 Å². The monoisotopic (exact) mass is 1960 g/mol. The van der Waals surface area contributed by atoms with Crippen LogP contribution in [0.4, 0.5) is 26.3 Å². The molecule has 0 fully saturated rings. The van der Waals surface area contributed by atoms with E-state index in [1.807, 2.05) is 307 Å². The van der Waals surface area contributed by atoms with Crippen molar-refractivity contribution in [1.82, 2.24) is 29.9 Å². The molecule has 0 radical (unpaired) electrons. The van der Waals surface area contributed by atoms with Gasteiger partial charge in [-0.25, -0.2) is 29.9 Å². The molecular formula is C123H108F6N12O6. The van der Waals surface area contributed by atoms with Crippen LogP contribution in [-0.2, 0) is 31.7 Å². The molecule has 6 heterocycles. The van der Waals surface area contributed by atoms with Crippen LogP contribution in [0.3, 0.4) is 0 Å². The van der Waals surface area contributed by atoms with Gasteiger partial charge in [-0.3, -0.25) is 0 Å². The van der Waals surface area contributed by atoms with Gasteiger partial charge >= 0.3 is 12.4 Å². The van der Waals surface area contributed by atoms with Crippen molar-refractivity contribution in [2.45, 2.75) is 73.2 Å². The zero-order chi connectivity index (χ0) is 104. The van der Waals surface area contributed by atoms with E-state index < -0.39 is 23.5 Å². The first-order valence-corrected chi connectivity index (χ1v) is 47.3. The first kappa shape index (κ1) is 106. The van der Waals surface area contributed by atoms with E-state index in [-0.39, 0.29) is 0 Å². The van der Waals surface area contributed by atoms with E-state index in [1.165, 1.54) is 38.5 Å². The normalized spacial score (nSPS) is 11.6. The molecule has 0 aliphatic rings. The molecule has 18 nitrogen and oxygen atoms in total. The number of hydrogen-bond acceptors (Lipinski definition) is 18. The average molecular weight is 1960 g/mol. The number of pyridine rings is 6. The number of rotatable bonds is 25. The maximum atomic E-state index is 12.9. The minimum absolute atomic E-state index is 0.497. The van der Waals surface area contributed by atoms with Crippen molar-refractivity contribution < 1.29 is 56.1 Å². The molecule has 6 aromatic heterocycles. The molecule has 0 aliphatic carbocycles. The first-order chi connectivity index (χ1) is 71.6. The summed E-state index contributed by atoms with van der Waals surface area (Å²) in [5, 5.41) is 40.8. The van der Waals surface area contributed by atoms with Crippen LogP contribution in [0.25, 0.3) is 134 Å². The van der Waals surface area contributed by atoms with Gasteiger partial charge in [0.2, 0.25) is 0 Å². The molecule has 18 rings (SSSR count). The topological polar surface area (TPSA) is 229 Å². The SMILES string of the molecule is C/C(=N/O)c1ccc(-c2ccccc2)c(-c2ccccc2)n1.CC/C(=N/O)c1ccc(-c2ccccc2)c(-c2ccccc2)n1.CC/C(=N/OC)c1ccc(-c2ccccc2)c(-c2ccccc2)n1.CC/C(=N\OC)c1ccc(-c2ccc(C(F)(F)F)cc2)c(-c2ccccc2)n1.CO/N=C(/C)c1ccc(-c2ccccc2)c(-c2ccccc2)n1.CO/N=C(\C)c1ccc(-c2ccc(C(F)(F)F)cc2)c(-c2ccccc2)n1. The van der Waals surface area contributed by atoms with Gasteiger partial charge in [-0.1, -0.05) is 379 Å². The summed E-state index contributed by atoms with van der Waals surface area (Å²) in [7, 11) is 6.04. The van der Waals surface area contributed by atoms with Gasteiger partial charge < -0.3 is 29.8 Å². The summed E-state index contributed by atoms with van der Waals surface area (Å²) in [5.41, 5.74) is 29.6. The Hall–Kier alpha value is -18.1. The summed E-state index contributed by atoms with van der Waals surface area (Å²) in [4.78, 5) is 48.1. The molecule has 0 spiro atoms. The maximum Gasteiger partial charge on any atom is 0.416 e. The summed E-state index contributed by atoms with van der Waals surface area (Å²) in [5.74, 6) is 0. The van der Waals surface area contributed by atoms with Crippen LogP contribution in [0.15, 0.2) is 456 Å². The third-order valence-corrected chi connectivity index (χ3v) is 23.2. The number of oxime groups is 6. The molecule has 2 N–H and O–H groups in total. The molecule has 0 bridgehead atoms. The second kappa shape index (κ2) is 53.2. The lowest BCUT2D eigenvalue weighted by atomic mass is 9.97. The van der Waals surface area contributed by atoms with Gasteiger partial charge in [-0.05, 0) is 170 Å². The van der Waals surface area contributed by atoms with Gasteiger partial charge in [0.25, 0.3) is 0 Å². The maximum absolute atomic E-state index is 12.9. The Labute approximate surface area is 852 Å². The van der Waals surface area contributed by atoms with Crippen LogP contribution in [0, 0.1) is 0 Å². The predicted octanol–water partition coefficient (Wildman–Crippen LogP) is 31.6. The van der Waals surface area contributed by atoms with Crippen LogP contribution < -0.4 is 0 Å². The fourth-order valence-corrected chi connectivity index (χ4v) is 15.8.